The van der Waals surface area contributed by atoms with Gasteiger partial charge in [0, 0.05) is 42.9 Å². The predicted molar refractivity (Wildman–Crippen MR) is 114 cm³/mol. The van der Waals surface area contributed by atoms with Crippen LogP contribution in [-0.2, 0) is 0 Å². The molecule has 7 heteroatoms. The van der Waals surface area contributed by atoms with Gasteiger partial charge in [0.15, 0.2) is 0 Å². The number of nitrogens with one attached hydrogen (secondary N) is 4. The molecule has 0 saturated heterocycles. The van der Waals surface area contributed by atoms with Crippen LogP contribution in [0.25, 0.3) is 0 Å². The van der Waals surface area contributed by atoms with Crippen molar-refractivity contribution in [3.8, 4) is 0 Å². The average Bonchev–Trinajstić information content (AvgIpc) is 2.71. The number of rotatable bonds is 6. The van der Waals surface area contributed by atoms with E-state index < -0.39 is 0 Å². The summed E-state index contributed by atoms with van der Waals surface area (Å²) in [7, 11) is 3.51. The summed E-state index contributed by atoms with van der Waals surface area (Å²) in [5.41, 5.74) is 5.43. The molecular weight excluding hydrogens is 352 g/mol. The number of nitrogens with zero attached hydrogens (tertiary/aromatic N) is 2. The zero-order chi connectivity index (χ0) is 20.1. The van der Waals surface area contributed by atoms with Gasteiger partial charge in [-0.25, -0.2) is 4.98 Å². The molecule has 0 fully saturated rings. The number of hydrogen-bond donors (Lipinski definition) is 4. The number of aromatic nitrogens is 2. The number of hydrogen-bond acceptors (Lipinski definition) is 6. The predicted octanol–water partition coefficient (Wildman–Crippen LogP) is 3.98. The van der Waals surface area contributed by atoms with Crippen LogP contribution in [0, 0.1) is 13.8 Å². The molecule has 0 aliphatic rings. The minimum Gasteiger partial charge on any atom is -0.388 e. The summed E-state index contributed by atoms with van der Waals surface area (Å²) in [5.74, 6) is 1.07. The summed E-state index contributed by atoms with van der Waals surface area (Å²) in [6.45, 7) is 3.93. The zero-order valence-corrected chi connectivity index (χ0v) is 16.4. The van der Waals surface area contributed by atoms with Gasteiger partial charge in [0.2, 0.25) is 5.95 Å². The highest BCUT2D eigenvalue weighted by atomic mass is 16.1. The molecular formula is C21H24N6O. The molecule has 2 aromatic carbocycles. The van der Waals surface area contributed by atoms with Gasteiger partial charge in [-0.3, -0.25) is 4.79 Å². The number of carbonyl (C=O) groups excluding carboxylic acids is 1. The van der Waals surface area contributed by atoms with E-state index >= 15 is 0 Å². The van der Waals surface area contributed by atoms with E-state index in [-0.39, 0.29) is 5.91 Å². The second kappa shape index (κ2) is 8.39. The van der Waals surface area contributed by atoms with E-state index in [4.69, 9.17) is 0 Å². The highest BCUT2D eigenvalue weighted by Gasteiger charge is 2.11. The fourth-order valence-corrected chi connectivity index (χ4v) is 2.90. The minimum atomic E-state index is -0.101. The number of anilines is 5. The van der Waals surface area contributed by atoms with Gasteiger partial charge < -0.3 is 21.3 Å². The Bertz CT molecular complexity index is 961. The van der Waals surface area contributed by atoms with Crippen molar-refractivity contribution in [2.75, 3.05) is 30.0 Å². The fraction of sp³-hybridized carbons (Fsp3) is 0.190. The van der Waals surface area contributed by atoms with Gasteiger partial charge in [0.05, 0.1) is 0 Å². The van der Waals surface area contributed by atoms with Crippen molar-refractivity contribution in [2.24, 2.45) is 0 Å². The van der Waals surface area contributed by atoms with Gasteiger partial charge in [-0.05, 0) is 67.4 Å². The summed E-state index contributed by atoms with van der Waals surface area (Å²) in [4.78, 5) is 20.7. The molecule has 0 saturated carbocycles. The number of amides is 1. The van der Waals surface area contributed by atoms with Crippen LogP contribution in [0.1, 0.15) is 21.5 Å². The maximum atomic E-state index is 11.9. The van der Waals surface area contributed by atoms with Gasteiger partial charge in [0.1, 0.15) is 5.82 Å². The number of benzene rings is 2. The smallest absolute Gasteiger partial charge is 0.251 e. The molecule has 7 nitrogen and oxygen atoms in total. The first kappa shape index (κ1) is 19.2. The summed E-state index contributed by atoms with van der Waals surface area (Å²) in [5, 5.41) is 12.3. The Morgan fingerprint density at radius 1 is 0.893 bits per heavy atom. The van der Waals surface area contributed by atoms with Gasteiger partial charge in [0.25, 0.3) is 5.91 Å². The Morgan fingerprint density at radius 2 is 1.54 bits per heavy atom. The van der Waals surface area contributed by atoms with Crippen LogP contribution in [0.5, 0.6) is 0 Å². The van der Waals surface area contributed by atoms with Crippen molar-refractivity contribution >= 4 is 34.7 Å². The molecule has 0 aliphatic carbocycles. The molecule has 3 rings (SSSR count). The van der Waals surface area contributed by atoms with Crippen LogP contribution in [0.4, 0.5) is 28.8 Å². The lowest BCUT2D eigenvalue weighted by atomic mass is 10.0. The summed E-state index contributed by atoms with van der Waals surface area (Å²) in [6, 6.07) is 13.4. The SMILES string of the molecule is CNC(=O)c1cc(C)c(Nc2ccnc(Nc3ccc(NC)cc3)n2)c(C)c1. The second-order valence-corrected chi connectivity index (χ2v) is 6.41. The largest absolute Gasteiger partial charge is 0.388 e. The minimum absolute atomic E-state index is 0.101. The molecule has 0 spiro atoms. The fourth-order valence-electron chi connectivity index (χ4n) is 2.90. The number of carbonyl (C=O) groups is 1. The zero-order valence-electron chi connectivity index (χ0n) is 16.4. The number of aryl methyl sites for hydroxylation is 2. The molecule has 1 amide bonds. The summed E-state index contributed by atoms with van der Waals surface area (Å²) >= 11 is 0. The molecule has 144 valence electrons. The molecule has 1 aromatic heterocycles. The van der Waals surface area contributed by atoms with Crippen molar-refractivity contribution in [3.05, 3.63) is 65.4 Å². The van der Waals surface area contributed by atoms with E-state index in [1.807, 2.05) is 57.3 Å². The Labute approximate surface area is 164 Å². The average molecular weight is 376 g/mol. The lowest BCUT2D eigenvalue weighted by Crippen LogP contribution is -2.18. The van der Waals surface area contributed by atoms with Gasteiger partial charge >= 0.3 is 0 Å². The van der Waals surface area contributed by atoms with Crippen LogP contribution in [0.3, 0.4) is 0 Å². The quantitative estimate of drug-likeness (QED) is 0.520. The molecule has 0 atom stereocenters. The van der Waals surface area contributed by atoms with Crippen LogP contribution >= 0.6 is 0 Å². The molecule has 0 unspecified atom stereocenters. The van der Waals surface area contributed by atoms with Crippen LogP contribution in [0.2, 0.25) is 0 Å². The topological polar surface area (TPSA) is 91.0 Å². The first-order valence-electron chi connectivity index (χ1n) is 8.98. The Morgan fingerprint density at radius 3 is 2.14 bits per heavy atom. The lowest BCUT2D eigenvalue weighted by molar-refractivity contribution is 0.0963. The van der Waals surface area contributed by atoms with E-state index in [0.29, 0.717) is 17.3 Å². The molecule has 28 heavy (non-hydrogen) atoms. The molecule has 0 bridgehead atoms. The third-order valence-corrected chi connectivity index (χ3v) is 4.36. The molecule has 3 aromatic rings. The van der Waals surface area contributed by atoms with Crippen LogP contribution in [-0.4, -0.2) is 30.0 Å². The standard InChI is InChI=1S/C21H24N6O/c1-13-11-15(20(28)23-4)12-14(2)19(13)26-18-9-10-24-21(27-18)25-17-7-5-16(22-3)6-8-17/h5-12,22H,1-4H3,(H,23,28)(H2,24,25,26,27). The van der Waals surface area contributed by atoms with Gasteiger partial charge in [-0.1, -0.05) is 0 Å². The van der Waals surface area contributed by atoms with Crippen LogP contribution < -0.4 is 21.3 Å². The van der Waals surface area contributed by atoms with Gasteiger partial charge in [-0.2, -0.15) is 4.98 Å². The van der Waals surface area contributed by atoms with E-state index in [2.05, 4.69) is 31.2 Å². The Balaban J connectivity index is 1.80. The molecule has 1 heterocycles. The second-order valence-electron chi connectivity index (χ2n) is 6.41. The van der Waals surface area contributed by atoms with Crippen molar-refractivity contribution in [1.82, 2.24) is 15.3 Å². The van der Waals surface area contributed by atoms with E-state index in [9.17, 15) is 4.79 Å². The molecule has 0 aliphatic heterocycles. The third-order valence-electron chi connectivity index (χ3n) is 4.36. The van der Waals surface area contributed by atoms with Crippen molar-refractivity contribution in [2.45, 2.75) is 13.8 Å². The first-order chi connectivity index (χ1) is 13.5. The monoisotopic (exact) mass is 376 g/mol. The highest BCUT2D eigenvalue weighted by molar-refractivity contribution is 5.95. The maximum Gasteiger partial charge on any atom is 0.251 e. The molecule has 0 radical (unpaired) electrons. The van der Waals surface area contributed by atoms with Crippen LogP contribution in [0.15, 0.2) is 48.7 Å². The molecule has 4 N–H and O–H groups in total. The summed E-state index contributed by atoms with van der Waals surface area (Å²) in [6.07, 6.45) is 1.70. The highest BCUT2D eigenvalue weighted by Crippen LogP contribution is 2.26. The maximum absolute atomic E-state index is 11.9. The van der Waals surface area contributed by atoms with E-state index in [0.717, 1.165) is 28.2 Å². The van der Waals surface area contributed by atoms with Crippen molar-refractivity contribution in [1.29, 1.82) is 0 Å². The van der Waals surface area contributed by atoms with Gasteiger partial charge in [-0.15, -0.1) is 0 Å². The lowest BCUT2D eigenvalue weighted by Gasteiger charge is -2.14. The van der Waals surface area contributed by atoms with Crippen molar-refractivity contribution in [3.63, 3.8) is 0 Å². The Hall–Kier alpha value is -3.61. The first-order valence-corrected chi connectivity index (χ1v) is 8.98. The summed E-state index contributed by atoms with van der Waals surface area (Å²) < 4.78 is 0. The van der Waals surface area contributed by atoms with Crippen molar-refractivity contribution < 1.29 is 4.79 Å². The van der Waals surface area contributed by atoms with E-state index in [1.165, 1.54) is 0 Å². The third kappa shape index (κ3) is 4.37. The normalized spacial score (nSPS) is 10.3. The van der Waals surface area contributed by atoms with E-state index in [1.54, 1.807) is 19.3 Å². The Kier molecular flexibility index (Phi) is 5.74.